The summed E-state index contributed by atoms with van der Waals surface area (Å²) in [6.07, 6.45) is 0.518. The molecule has 0 atom stereocenters. The van der Waals surface area contributed by atoms with E-state index in [1.54, 1.807) is 0 Å². The van der Waals surface area contributed by atoms with Crippen LogP contribution in [0.2, 0.25) is 0 Å². The predicted octanol–water partition coefficient (Wildman–Crippen LogP) is 1.82. The minimum atomic E-state index is 0. The van der Waals surface area contributed by atoms with Crippen LogP contribution in [0.3, 0.4) is 0 Å². The summed E-state index contributed by atoms with van der Waals surface area (Å²) in [5.74, 6) is 0.0783. The van der Waals surface area contributed by atoms with Gasteiger partial charge in [0, 0.05) is 39.3 Å². The molecule has 0 aliphatic rings. The van der Waals surface area contributed by atoms with Gasteiger partial charge in [-0.05, 0) is 24.7 Å². The average Bonchev–Trinajstić information content (AvgIpc) is 2.34. The Balaban J connectivity index is 0. The van der Waals surface area contributed by atoms with Gasteiger partial charge in [-0.15, -0.1) is 24.8 Å². The van der Waals surface area contributed by atoms with Crippen LogP contribution in [0.4, 0.5) is 5.69 Å². The number of carbonyl (C=O) groups excluding carboxylic acids is 1. The normalized spacial score (nSPS) is 9.00. The van der Waals surface area contributed by atoms with Crippen LogP contribution in [0.5, 0.6) is 0 Å². The van der Waals surface area contributed by atoms with Crippen molar-refractivity contribution in [1.29, 1.82) is 0 Å². The molecule has 0 radical (unpaired) electrons. The molecule has 1 amide bonds. The summed E-state index contributed by atoms with van der Waals surface area (Å²) in [7, 11) is 5.85. The molecule has 1 aromatic rings. The number of halogens is 2. The molecule has 19 heavy (non-hydrogen) atoms. The number of benzene rings is 1. The maximum Gasteiger partial charge on any atom is 0.221 e. The lowest BCUT2D eigenvalue weighted by atomic mass is 10.2. The van der Waals surface area contributed by atoms with Crippen molar-refractivity contribution in [1.82, 2.24) is 10.6 Å². The number of nitrogens with one attached hydrogen (secondary N) is 2. The number of hydrogen-bond donors (Lipinski definition) is 2. The molecule has 1 aromatic carbocycles. The maximum atomic E-state index is 11.4. The fourth-order valence-corrected chi connectivity index (χ4v) is 1.47. The van der Waals surface area contributed by atoms with E-state index in [2.05, 4.69) is 16.7 Å². The van der Waals surface area contributed by atoms with Crippen molar-refractivity contribution < 1.29 is 4.79 Å². The number of amides is 1. The first-order valence-corrected chi connectivity index (χ1v) is 5.81. The van der Waals surface area contributed by atoms with Crippen molar-refractivity contribution in [2.24, 2.45) is 0 Å². The monoisotopic (exact) mass is 307 g/mol. The Kier molecular flexibility index (Phi) is 11.7. The molecular weight excluding hydrogens is 285 g/mol. The fraction of sp³-hybridized carbons (Fsp3) is 0.462. The molecule has 0 saturated carbocycles. The number of nitrogens with zero attached hydrogens (tertiary/aromatic N) is 1. The summed E-state index contributed by atoms with van der Waals surface area (Å²) in [4.78, 5) is 13.5. The third-order valence-electron chi connectivity index (χ3n) is 2.52. The molecular formula is C13H23Cl2N3O. The zero-order valence-corrected chi connectivity index (χ0v) is 13.2. The van der Waals surface area contributed by atoms with Crippen molar-refractivity contribution in [2.75, 3.05) is 32.6 Å². The van der Waals surface area contributed by atoms with E-state index < -0.39 is 0 Å². The van der Waals surface area contributed by atoms with Crippen molar-refractivity contribution in [2.45, 2.75) is 13.0 Å². The molecule has 0 unspecified atom stereocenters. The van der Waals surface area contributed by atoms with E-state index in [0.717, 1.165) is 11.3 Å². The lowest BCUT2D eigenvalue weighted by Gasteiger charge is -2.13. The highest BCUT2D eigenvalue weighted by molar-refractivity contribution is 5.85. The molecule has 6 heteroatoms. The van der Waals surface area contributed by atoms with Crippen molar-refractivity contribution in [3.8, 4) is 0 Å². The smallest absolute Gasteiger partial charge is 0.221 e. The second kappa shape index (κ2) is 10.9. The Morgan fingerprint density at radius 3 is 2.53 bits per heavy atom. The second-order valence-corrected chi connectivity index (χ2v) is 4.19. The molecule has 0 heterocycles. The minimum Gasteiger partial charge on any atom is -0.378 e. The van der Waals surface area contributed by atoms with E-state index >= 15 is 0 Å². The predicted molar refractivity (Wildman–Crippen MR) is 85.7 cm³/mol. The Morgan fingerprint density at radius 2 is 1.95 bits per heavy atom. The standard InChI is InChI=1S/C13H21N3O.2ClH/c1-14-8-7-13(17)15-10-11-5-4-6-12(9-11)16(2)3;;/h4-6,9,14H,7-8,10H2,1-3H3,(H,15,17);2*1H. The van der Waals surface area contributed by atoms with Gasteiger partial charge in [-0.25, -0.2) is 0 Å². The lowest BCUT2D eigenvalue weighted by molar-refractivity contribution is -0.121. The zero-order chi connectivity index (χ0) is 12.7. The Morgan fingerprint density at radius 1 is 1.26 bits per heavy atom. The molecule has 0 spiro atoms. The molecule has 0 aliphatic carbocycles. The molecule has 0 aromatic heterocycles. The third kappa shape index (κ3) is 7.93. The van der Waals surface area contributed by atoms with E-state index in [-0.39, 0.29) is 30.7 Å². The number of carbonyl (C=O) groups is 1. The molecule has 4 nitrogen and oxygen atoms in total. The van der Waals surface area contributed by atoms with E-state index in [9.17, 15) is 4.79 Å². The lowest BCUT2D eigenvalue weighted by Crippen LogP contribution is -2.26. The van der Waals surface area contributed by atoms with Gasteiger partial charge in [0.05, 0.1) is 0 Å². The summed E-state index contributed by atoms with van der Waals surface area (Å²) in [5.41, 5.74) is 2.26. The van der Waals surface area contributed by atoms with Crippen LogP contribution in [-0.4, -0.2) is 33.6 Å². The first-order valence-electron chi connectivity index (χ1n) is 5.81. The molecule has 110 valence electrons. The summed E-state index contributed by atoms with van der Waals surface area (Å²) in [5, 5.41) is 5.86. The highest BCUT2D eigenvalue weighted by Gasteiger charge is 2.01. The SMILES string of the molecule is CNCCC(=O)NCc1cccc(N(C)C)c1.Cl.Cl. The number of rotatable bonds is 6. The summed E-state index contributed by atoms with van der Waals surface area (Å²) in [6.45, 7) is 1.30. The minimum absolute atomic E-state index is 0. The molecule has 0 aliphatic heterocycles. The van der Waals surface area contributed by atoms with Gasteiger partial charge in [0.25, 0.3) is 0 Å². The Bertz CT molecular complexity index is 373. The zero-order valence-electron chi connectivity index (χ0n) is 11.6. The number of anilines is 1. The van der Waals surface area contributed by atoms with Gasteiger partial charge in [0.2, 0.25) is 5.91 Å². The largest absolute Gasteiger partial charge is 0.378 e. The molecule has 0 fully saturated rings. The quantitative estimate of drug-likeness (QED) is 0.842. The second-order valence-electron chi connectivity index (χ2n) is 4.19. The molecule has 1 rings (SSSR count). The van der Waals surface area contributed by atoms with Gasteiger partial charge < -0.3 is 15.5 Å². The maximum absolute atomic E-state index is 11.4. The molecule has 0 saturated heterocycles. The van der Waals surface area contributed by atoms with Crippen LogP contribution in [0, 0.1) is 0 Å². The van der Waals surface area contributed by atoms with E-state index in [1.165, 1.54) is 0 Å². The molecule has 2 N–H and O–H groups in total. The van der Waals surface area contributed by atoms with Crippen LogP contribution in [0.15, 0.2) is 24.3 Å². The highest BCUT2D eigenvalue weighted by Crippen LogP contribution is 2.12. The Labute approximate surface area is 127 Å². The van der Waals surface area contributed by atoms with Crippen LogP contribution >= 0.6 is 24.8 Å². The van der Waals surface area contributed by atoms with Crippen LogP contribution in [0.1, 0.15) is 12.0 Å². The summed E-state index contributed by atoms with van der Waals surface area (Å²) in [6, 6.07) is 8.15. The first-order chi connectivity index (χ1) is 8.13. The van der Waals surface area contributed by atoms with Gasteiger partial charge in [0.1, 0.15) is 0 Å². The summed E-state index contributed by atoms with van der Waals surface area (Å²) < 4.78 is 0. The first kappa shape index (κ1) is 20.3. The molecule has 0 bridgehead atoms. The summed E-state index contributed by atoms with van der Waals surface area (Å²) >= 11 is 0. The van der Waals surface area contributed by atoms with Crippen molar-refractivity contribution >= 4 is 36.4 Å². The van der Waals surface area contributed by atoms with Crippen LogP contribution in [0.25, 0.3) is 0 Å². The van der Waals surface area contributed by atoms with Gasteiger partial charge in [0.15, 0.2) is 0 Å². The Hall–Kier alpha value is -0.970. The third-order valence-corrected chi connectivity index (χ3v) is 2.52. The van der Waals surface area contributed by atoms with E-state index in [4.69, 9.17) is 0 Å². The number of hydrogen-bond acceptors (Lipinski definition) is 3. The van der Waals surface area contributed by atoms with Gasteiger partial charge >= 0.3 is 0 Å². The van der Waals surface area contributed by atoms with Crippen LogP contribution in [-0.2, 0) is 11.3 Å². The average molecular weight is 308 g/mol. The van der Waals surface area contributed by atoms with Crippen LogP contribution < -0.4 is 15.5 Å². The van der Waals surface area contributed by atoms with Crippen molar-refractivity contribution in [3.05, 3.63) is 29.8 Å². The highest BCUT2D eigenvalue weighted by atomic mass is 35.5. The van der Waals surface area contributed by atoms with Gasteiger partial charge in [-0.3, -0.25) is 4.79 Å². The van der Waals surface area contributed by atoms with Crippen molar-refractivity contribution in [3.63, 3.8) is 0 Å². The van der Waals surface area contributed by atoms with Gasteiger partial charge in [-0.1, -0.05) is 12.1 Å². The fourth-order valence-electron chi connectivity index (χ4n) is 1.47. The van der Waals surface area contributed by atoms with Gasteiger partial charge in [-0.2, -0.15) is 0 Å². The topological polar surface area (TPSA) is 44.4 Å². The van der Waals surface area contributed by atoms with E-state index in [0.29, 0.717) is 19.5 Å². The van der Waals surface area contributed by atoms with E-state index in [1.807, 2.05) is 44.2 Å².